The Labute approximate surface area is 290 Å². The molecule has 3 aliphatic rings. The predicted octanol–water partition coefficient (Wildman–Crippen LogP) is 5.39. The molecule has 10 heteroatoms. The minimum atomic E-state index is -1.26. The fourth-order valence-electron chi connectivity index (χ4n) is 8.39. The van der Waals surface area contributed by atoms with Crippen LogP contribution in [0.4, 0.5) is 11.4 Å². The molecule has 10 nitrogen and oxygen atoms in total. The summed E-state index contributed by atoms with van der Waals surface area (Å²) in [4.78, 5) is 49.8. The molecule has 3 amide bonds. The minimum Gasteiger partial charge on any atom is -0.497 e. The van der Waals surface area contributed by atoms with Gasteiger partial charge in [-0.3, -0.25) is 14.4 Å². The highest BCUT2D eigenvalue weighted by Gasteiger charge is 2.79. The van der Waals surface area contributed by atoms with Crippen LogP contribution in [0.5, 0.6) is 11.5 Å². The van der Waals surface area contributed by atoms with Gasteiger partial charge in [0.2, 0.25) is 11.8 Å². The van der Waals surface area contributed by atoms with Crippen LogP contribution >= 0.6 is 0 Å². The van der Waals surface area contributed by atoms with Crippen molar-refractivity contribution in [2.45, 2.75) is 76.7 Å². The molecule has 1 N–H and O–H groups in total. The van der Waals surface area contributed by atoms with E-state index in [1.807, 2.05) is 52.0 Å². The number of carbonyl (C=O) groups is 3. The molecule has 49 heavy (non-hydrogen) atoms. The third-order valence-electron chi connectivity index (χ3n) is 10.5. The first-order chi connectivity index (χ1) is 23.6. The first kappa shape index (κ1) is 36.1. The molecule has 2 aromatic carbocycles. The Morgan fingerprint density at radius 3 is 2.04 bits per heavy atom. The Balaban J connectivity index is 1.63. The molecular weight excluding hydrogens is 622 g/mol. The van der Waals surface area contributed by atoms with Crippen molar-refractivity contribution >= 4 is 29.1 Å². The zero-order valence-electron chi connectivity index (χ0n) is 29.5. The molecule has 3 fully saturated rings. The lowest BCUT2D eigenvalue weighted by molar-refractivity contribution is -0.149. The summed E-state index contributed by atoms with van der Waals surface area (Å²) >= 11 is 0. The van der Waals surface area contributed by atoms with E-state index in [2.05, 4.69) is 13.2 Å². The number of amides is 3. The monoisotopic (exact) mass is 673 g/mol. The molecule has 264 valence electrons. The Hall–Kier alpha value is -4.15. The highest BCUT2D eigenvalue weighted by atomic mass is 16.5. The molecule has 0 aromatic heterocycles. The van der Waals surface area contributed by atoms with Crippen molar-refractivity contribution in [2.75, 3.05) is 43.2 Å². The van der Waals surface area contributed by atoms with E-state index < -0.39 is 35.1 Å². The van der Waals surface area contributed by atoms with Gasteiger partial charge >= 0.3 is 0 Å². The summed E-state index contributed by atoms with van der Waals surface area (Å²) in [5.74, 6) is -1.22. The molecule has 0 saturated carbocycles. The predicted molar refractivity (Wildman–Crippen MR) is 190 cm³/mol. The maximum absolute atomic E-state index is 15.1. The van der Waals surface area contributed by atoms with Crippen LogP contribution in [0.1, 0.15) is 53.4 Å². The van der Waals surface area contributed by atoms with Gasteiger partial charge < -0.3 is 34.0 Å². The Kier molecular flexibility index (Phi) is 10.9. The van der Waals surface area contributed by atoms with E-state index in [1.165, 1.54) is 0 Å². The highest BCUT2D eigenvalue weighted by molar-refractivity contribution is 6.07. The second kappa shape index (κ2) is 14.8. The average molecular weight is 674 g/mol. The quantitative estimate of drug-likeness (QED) is 0.238. The van der Waals surface area contributed by atoms with E-state index in [4.69, 9.17) is 14.2 Å². The first-order valence-corrected chi connectivity index (χ1v) is 17.4. The van der Waals surface area contributed by atoms with Gasteiger partial charge in [0.25, 0.3) is 5.91 Å². The summed E-state index contributed by atoms with van der Waals surface area (Å²) in [7, 11) is 1.58. The van der Waals surface area contributed by atoms with Crippen LogP contribution in [0, 0.1) is 17.8 Å². The molecule has 2 unspecified atom stereocenters. The van der Waals surface area contributed by atoms with Gasteiger partial charge in [0, 0.05) is 24.5 Å². The van der Waals surface area contributed by atoms with Crippen molar-refractivity contribution in [1.29, 1.82) is 0 Å². The molecule has 2 aromatic rings. The summed E-state index contributed by atoms with van der Waals surface area (Å²) in [6.45, 7) is 16.3. The van der Waals surface area contributed by atoms with Crippen molar-refractivity contribution in [2.24, 2.45) is 17.8 Å². The van der Waals surface area contributed by atoms with E-state index in [9.17, 15) is 14.7 Å². The van der Waals surface area contributed by atoms with E-state index >= 15 is 4.79 Å². The van der Waals surface area contributed by atoms with E-state index in [0.717, 1.165) is 0 Å². The van der Waals surface area contributed by atoms with Crippen molar-refractivity contribution in [3.8, 4) is 11.5 Å². The number of fused-ring (bicyclic) bond motifs is 1. The normalized spacial score (nSPS) is 26.0. The van der Waals surface area contributed by atoms with E-state index in [-0.39, 0.29) is 43.3 Å². The number of hydrogen-bond acceptors (Lipinski definition) is 7. The Morgan fingerprint density at radius 2 is 1.55 bits per heavy atom. The van der Waals surface area contributed by atoms with Gasteiger partial charge in [-0.2, -0.15) is 0 Å². The van der Waals surface area contributed by atoms with Crippen LogP contribution in [0.2, 0.25) is 0 Å². The van der Waals surface area contributed by atoms with Crippen molar-refractivity contribution < 1.29 is 33.7 Å². The molecule has 5 rings (SSSR count). The molecule has 3 saturated heterocycles. The third-order valence-corrected chi connectivity index (χ3v) is 10.5. The smallest absolute Gasteiger partial charge is 0.253 e. The number of likely N-dealkylation sites (tertiary alicyclic amines) is 1. The molecule has 3 heterocycles. The minimum absolute atomic E-state index is 0.129. The molecule has 0 aliphatic carbocycles. The summed E-state index contributed by atoms with van der Waals surface area (Å²) in [6.07, 6.45) is 5.23. The van der Waals surface area contributed by atoms with Crippen LogP contribution in [-0.4, -0.2) is 84.4 Å². The van der Waals surface area contributed by atoms with Gasteiger partial charge in [0.1, 0.15) is 23.1 Å². The molecule has 6 atom stereocenters. The fraction of sp³-hybridized carbons (Fsp3) is 0.513. The van der Waals surface area contributed by atoms with E-state index in [0.29, 0.717) is 55.2 Å². The lowest BCUT2D eigenvalue weighted by atomic mass is 9.64. The van der Waals surface area contributed by atoms with Crippen molar-refractivity contribution in [3.63, 3.8) is 0 Å². The van der Waals surface area contributed by atoms with Gasteiger partial charge in [-0.15, -0.1) is 13.2 Å². The largest absolute Gasteiger partial charge is 0.497 e. The topological polar surface area (TPSA) is 109 Å². The average Bonchev–Trinajstić information content (AvgIpc) is 3.72. The summed E-state index contributed by atoms with van der Waals surface area (Å²) in [6, 6.07) is 12.7. The lowest BCUT2D eigenvalue weighted by Gasteiger charge is -2.40. The third kappa shape index (κ3) is 6.25. The van der Waals surface area contributed by atoms with Gasteiger partial charge in [0.15, 0.2) is 0 Å². The number of carbonyl (C=O) groups excluding carboxylic acids is 3. The molecule has 1 spiro atoms. The summed E-state index contributed by atoms with van der Waals surface area (Å²) in [5, 5.41) is 10.8. The van der Waals surface area contributed by atoms with Crippen LogP contribution in [0.15, 0.2) is 73.8 Å². The number of aliphatic hydroxyl groups is 1. The number of nitrogens with zero attached hydrogens (tertiary/aromatic N) is 3. The second-order valence-corrected chi connectivity index (χ2v) is 13.6. The lowest BCUT2D eigenvalue weighted by Crippen LogP contribution is -2.59. The molecule has 0 radical (unpaired) electrons. The number of methoxy groups -OCH3 is 1. The Bertz CT molecular complexity index is 1530. The first-order valence-electron chi connectivity index (χ1n) is 17.4. The zero-order chi connectivity index (χ0) is 35.5. The van der Waals surface area contributed by atoms with Gasteiger partial charge in [0.05, 0.1) is 43.8 Å². The number of hydrogen-bond donors (Lipinski definition) is 1. The zero-order valence-corrected chi connectivity index (χ0v) is 29.5. The fourth-order valence-corrected chi connectivity index (χ4v) is 8.39. The number of ether oxygens (including phenoxy) is 3. The number of rotatable bonds is 16. The van der Waals surface area contributed by atoms with E-state index in [1.54, 1.807) is 58.2 Å². The van der Waals surface area contributed by atoms with Gasteiger partial charge in [-0.25, -0.2) is 0 Å². The standard InChI is InChI=1S/C39H51N3O7/c1-8-22-40(27-14-18-31(19-15-27)48-11-4)35(44)32-33-36(45)42(29(25-43)24-26(5)6)34(39(33)21-20-38(32,10-3)49-39)37(46)41(23-9-2)28-12-16-30(47-7)17-13-28/h8-9,12-19,26,29,32-34,43H,1-2,10-11,20-25H2,3-7H3/t29-,32-,33+,34?,38+,39?/m1/s1. The summed E-state index contributed by atoms with van der Waals surface area (Å²) in [5.41, 5.74) is -0.945. The SMILES string of the molecule is C=CCN(C(=O)C1N([C@@H](CO)CC(C)C)C(=O)[C@@H]2[C@H](C(=O)N(CC=C)c3ccc(OCC)cc3)[C@]3(CC)CCC12O3)c1ccc(OC)cc1. The maximum atomic E-state index is 15.1. The highest BCUT2D eigenvalue weighted by Crippen LogP contribution is 2.65. The van der Waals surface area contributed by atoms with Crippen LogP contribution in [-0.2, 0) is 19.1 Å². The maximum Gasteiger partial charge on any atom is 0.253 e. The molecular formula is C39H51N3O7. The Morgan fingerprint density at radius 1 is 0.980 bits per heavy atom. The van der Waals surface area contributed by atoms with Gasteiger partial charge in [-0.1, -0.05) is 32.9 Å². The molecule has 3 aliphatic heterocycles. The van der Waals surface area contributed by atoms with Crippen molar-refractivity contribution in [3.05, 3.63) is 73.8 Å². The van der Waals surface area contributed by atoms with Crippen LogP contribution < -0.4 is 19.3 Å². The second-order valence-electron chi connectivity index (χ2n) is 13.6. The summed E-state index contributed by atoms with van der Waals surface area (Å²) < 4.78 is 18.1. The van der Waals surface area contributed by atoms with Crippen molar-refractivity contribution in [1.82, 2.24) is 4.90 Å². The molecule has 2 bridgehead atoms. The van der Waals surface area contributed by atoms with Crippen LogP contribution in [0.3, 0.4) is 0 Å². The van der Waals surface area contributed by atoms with Crippen LogP contribution in [0.25, 0.3) is 0 Å². The number of aliphatic hydroxyl groups excluding tert-OH is 1. The number of benzene rings is 2. The van der Waals surface area contributed by atoms with Gasteiger partial charge in [-0.05, 0) is 87.1 Å². The number of anilines is 2.